The fourth-order valence-corrected chi connectivity index (χ4v) is 3.35. The molecule has 0 aliphatic rings. The maximum absolute atomic E-state index is 13.0. The maximum atomic E-state index is 13.0. The summed E-state index contributed by atoms with van der Waals surface area (Å²) in [6.07, 6.45) is -1.20. The van der Waals surface area contributed by atoms with Gasteiger partial charge in [-0.25, -0.2) is 4.98 Å². The van der Waals surface area contributed by atoms with Crippen LogP contribution in [0.3, 0.4) is 0 Å². The number of pyridine rings is 2. The average Bonchev–Trinajstić information content (AvgIpc) is 2.72. The predicted molar refractivity (Wildman–Crippen MR) is 109 cm³/mol. The number of aromatic hydroxyl groups is 1. The summed E-state index contributed by atoms with van der Waals surface area (Å²) in [5, 5.41) is 14.9. The number of halogens is 3. The smallest absolute Gasteiger partial charge is 0.416 e. The zero-order valence-corrected chi connectivity index (χ0v) is 16.0. The lowest BCUT2D eigenvalue weighted by Crippen LogP contribution is -2.14. The van der Waals surface area contributed by atoms with Crippen molar-refractivity contribution in [2.75, 3.05) is 5.32 Å². The van der Waals surface area contributed by atoms with Gasteiger partial charge in [-0.2, -0.15) is 13.2 Å². The molecule has 2 N–H and O–H groups in total. The fourth-order valence-electron chi connectivity index (χ4n) is 3.35. The Morgan fingerprint density at radius 3 is 2.40 bits per heavy atom. The zero-order valence-electron chi connectivity index (χ0n) is 16.0. The number of aryl methyl sites for hydroxylation is 1. The van der Waals surface area contributed by atoms with Crippen molar-refractivity contribution in [2.24, 2.45) is 0 Å². The van der Waals surface area contributed by atoms with Crippen LogP contribution in [-0.2, 0) is 6.18 Å². The van der Waals surface area contributed by atoms with Crippen LogP contribution in [0, 0.1) is 6.92 Å². The molecule has 0 fully saturated rings. The minimum Gasteiger partial charge on any atom is -0.505 e. The van der Waals surface area contributed by atoms with Crippen LogP contribution >= 0.6 is 0 Å². The number of anilines is 1. The molecule has 0 bridgehead atoms. The molecule has 4 aromatic rings. The molecule has 2 aromatic carbocycles. The molecule has 2 aromatic heterocycles. The van der Waals surface area contributed by atoms with Crippen LogP contribution in [0.25, 0.3) is 10.9 Å². The molecule has 4 rings (SSSR count). The Labute approximate surface area is 171 Å². The molecule has 0 aliphatic heterocycles. The van der Waals surface area contributed by atoms with Crippen molar-refractivity contribution in [1.29, 1.82) is 0 Å². The van der Waals surface area contributed by atoms with E-state index in [4.69, 9.17) is 0 Å². The normalized spacial score (nSPS) is 12.7. The molecule has 0 amide bonds. The number of nitrogens with one attached hydrogen (secondary N) is 1. The standard InChI is InChI=1S/C23H18F3N3O/c1-14-10-12-27-19(13-14)29-20(16-4-7-17(8-5-16)23(24,25)26)18-9-6-15-3-2-11-28-21(15)22(18)30/h2-13,20,30H,1H3,(H,27,29)/t20-/m0/s1. The Morgan fingerprint density at radius 2 is 1.70 bits per heavy atom. The number of phenols is 1. The summed E-state index contributed by atoms with van der Waals surface area (Å²) in [4.78, 5) is 8.53. The molecule has 0 spiro atoms. The van der Waals surface area contributed by atoms with Crippen molar-refractivity contribution >= 4 is 16.7 Å². The highest BCUT2D eigenvalue weighted by molar-refractivity contribution is 5.86. The summed E-state index contributed by atoms with van der Waals surface area (Å²) in [5.41, 5.74) is 1.71. The second-order valence-electron chi connectivity index (χ2n) is 6.99. The first kappa shape index (κ1) is 19.7. The lowest BCUT2D eigenvalue weighted by Gasteiger charge is -2.22. The third-order valence-corrected chi connectivity index (χ3v) is 4.87. The molecule has 152 valence electrons. The average molecular weight is 409 g/mol. The number of rotatable bonds is 4. The van der Waals surface area contributed by atoms with Gasteiger partial charge in [0.25, 0.3) is 0 Å². The third-order valence-electron chi connectivity index (χ3n) is 4.87. The first-order chi connectivity index (χ1) is 14.3. The van der Waals surface area contributed by atoms with Crippen molar-refractivity contribution in [3.8, 4) is 5.75 Å². The van der Waals surface area contributed by atoms with Crippen LogP contribution in [0.4, 0.5) is 19.0 Å². The molecule has 0 radical (unpaired) electrons. The highest BCUT2D eigenvalue weighted by atomic mass is 19.4. The lowest BCUT2D eigenvalue weighted by atomic mass is 9.95. The molecule has 0 saturated carbocycles. The summed E-state index contributed by atoms with van der Waals surface area (Å²) < 4.78 is 39.0. The van der Waals surface area contributed by atoms with E-state index >= 15 is 0 Å². The summed E-state index contributed by atoms with van der Waals surface area (Å²) in [5.74, 6) is 0.513. The Balaban J connectivity index is 1.82. The van der Waals surface area contributed by atoms with E-state index in [-0.39, 0.29) is 5.75 Å². The number of alkyl halides is 3. The maximum Gasteiger partial charge on any atom is 0.416 e. The van der Waals surface area contributed by atoms with E-state index in [1.807, 2.05) is 31.2 Å². The van der Waals surface area contributed by atoms with Gasteiger partial charge in [0.05, 0.1) is 11.6 Å². The fraction of sp³-hybridized carbons (Fsp3) is 0.130. The number of nitrogens with zero attached hydrogens (tertiary/aromatic N) is 2. The second kappa shape index (κ2) is 7.67. The van der Waals surface area contributed by atoms with Gasteiger partial charge >= 0.3 is 6.18 Å². The second-order valence-corrected chi connectivity index (χ2v) is 6.99. The molecule has 7 heteroatoms. The van der Waals surface area contributed by atoms with Gasteiger partial charge in [0, 0.05) is 23.3 Å². The number of phenolic OH excluding ortho intramolecular Hbond substituents is 1. The van der Waals surface area contributed by atoms with E-state index in [1.54, 1.807) is 24.5 Å². The third kappa shape index (κ3) is 3.91. The van der Waals surface area contributed by atoms with Gasteiger partial charge in [-0.1, -0.05) is 30.3 Å². The van der Waals surface area contributed by atoms with Gasteiger partial charge in [0.2, 0.25) is 0 Å². The monoisotopic (exact) mass is 409 g/mol. The van der Waals surface area contributed by atoms with Gasteiger partial charge in [-0.15, -0.1) is 0 Å². The predicted octanol–water partition coefficient (Wildman–Crippen LogP) is 5.86. The Bertz CT molecular complexity index is 1190. The first-order valence-electron chi connectivity index (χ1n) is 9.26. The molecule has 1 atom stereocenters. The van der Waals surface area contributed by atoms with E-state index in [0.29, 0.717) is 22.5 Å². The zero-order chi connectivity index (χ0) is 21.3. The van der Waals surface area contributed by atoms with Crippen molar-refractivity contribution < 1.29 is 18.3 Å². The highest BCUT2D eigenvalue weighted by Crippen LogP contribution is 2.37. The van der Waals surface area contributed by atoms with Gasteiger partial charge in [-0.05, 0) is 48.4 Å². The molecule has 4 nitrogen and oxygen atoms in total. The quantitative estimate of drug-likeness (QED) is 0.443. The van der Waals surface area contributed by atoms with E-state index in [9.17, 15) is 18.3 Å². The Kier molecular flexibility index (Phi) is 5.03. The van der Waals surface area contributed by atoms with E-state index < -0.39 is 17.8 Å². The number of benzene rings is 2. The Morgan fingerprint density at radius 1 is 0.933 bits per heavy atom. The molecule has 0 unspecified atom stereocenters. The number of hydrogen-bond acceptors (Lipinski definition) is 4. The van der Waals surface area contributed by atoms with Crippen molar-refractivity contribution in [2.45, 2.75) is 19.1 Å². The topological polar surface area (TPSA) is 58.0 Å². The first-order valence-corrected chi connectivity index (χ1v) is 9.26. The van der Waals surface area contributed by atoms with Crippen LogP contribution < -0.4 is 5.32 Å². The van der Waals surface area contributed by atoms with Crippen LogP contribution in [0.15, 0.2) is 73.1 Å². The number of fused-ring (bicyclic) bond motifs is 1. The van der Waals surface area contributed by atoms with E-state index in [2.05, 4.69) is 15.3 Å². The molecular formula is C23H18F3N3O. The van der Waals surface area contributed by atoms with Crippen molar-refractivity contribution in [3.63, 3.8) is 0 Å². The molecular weight excluding hydrogens is 391 g/mol. The number of hydrogen-bond donors (Lipinski definition) is 2. The van der Waals surface area contributed by atoms with Crippen LogP contribution in [0.2, 0.25) is 0 Å². The molecule has 0 aliphatic carbocycles. The largest absolute Gasteiger partial charge is 0.505 e. The molecule has 0 saturated heterocycles. The minimum absolute atomic E-state index is 0.0295. The van der Waals surface area contributed by atoms with Crippen LogP contribution in [0.1, 0.15) is 28.3 Å². The summed E-state index contributed by atoms with van der Waals surface area (Å²) in [7, 11) is 0. The number of aromatic nitrogens is 2. The SMILES string of the molecule is Cc1ccnc(N[C@@H](c2ccc(C(F)(F)F)cc2)c2ccc3cccnc3c2O)c1. The summed E-state index contributed by atoms with van der Waals surface area (Å²) in [6.45, 7) is 1.91. The van der Waals surface area contributed by atoms with Gasteiger partial charge in [-0.3, -0.25) is 4.98 Å². The van der Waals surface area contributed by atoms with Crippen LogP contribution in [-0.4, -0.2) is 15.1 Å². The Hall–Kier alpha value is -3.61. The van der Waals surface area contributed by atoms with Crippen molar-refractivity contribution in [3.05, 3.63) is 95.3 Å². The highest BCUT2D eigenvalue weighted by Gasteiger charge is 2.30. The molecule has 30 heavy (non-hydrogen) atoms. The summed E-state index contributed by atoms with van der Waals surface area (Å²) in [6, 6.07) is 15.1. The van der Waals surface area contributed by atoms with E-state index in [0.717, 1.165) is 23.1 Å². The minimum atomic E-state index is -4.42. The lowest BCUT2D eigenvalue weighted by molar-refractivity contribution is -0.137. The van der Waals surface area contributed by atoms with Crippen molar-refractivity contribution in [1.82, 2.24) is 9.97 Å². The van der Waals surface area contributed by atoms with Gasteiger partial charge < -0.3 is 10.4 Å². The van der Waals surface area contributed by atoms with Gasteiger partial charge in [0.15, 0.2) is 0 Å². The molecule has 2 heterocycles. The van der Waals surface area contributed by atoms with Crippen LogP contribution in [0.5, 0.6) is 5.75 Å². The summed E-state index contributed by atoms with van der Waals surface area (Å²) >= 11 is 0. The van der Waals surface area contributed by atoms with E-state index in [1.165, 1.54) is 12.1 Å². The van der Waals surface area contributed by atoms with Gasteiger partial charge in [0.1, 0.15) is 17.1 Å².